The van der Waals surface area contributed by atoms with Gasteiger partial charge in [-0.1, -0.05) is 49.2 Å². The molecule has 0 aliphatic carbocycles. The minimum absolute atomic E-state index is 0.125. The van der Waals surface area contributed by atoms with Crippen molar-refractivity contribution in [2.45, 2.75) is 38.7 Å². The van der Waals surface area contributed by atoms with Crippen molar-refractivity contribution in [2.24, 2.45) is 0 Å². The molecule has 2 N–H and O–H groups in total. The average molecular weight is 464 g/mol. The number of aromatic amines is 1. The third-order valence-corrected chi connectivity index (χ3v) is 5.82. The number of aromatic nitrogens is 2. The number of ether oxygens (including phenoxy) is 1. The van der Waals surface area contributed by atoms with Gasteiger partial charge in [-0.3, -0.25) is 5.10 Å². The standard InChI is InChI=1S/C20H20Cl2FN3O.C2H6.C2H2/c21-15-9-13(18-17(10-15)19(22)26-25-18)11-27-12-20(5-7-24-8-6-20)14-1-3-16(23)4-2-14;2*1-2/h1-4,9-10,24H,5-8,11-12H2,(H,25,26);1-2H3;1-2H. The number of hydrogen-bond donors (Lipinski definition) is 2. The van der Waals surface area contributed by atoms with E-state index < -0.39 is 0 Å². The Kier molecular flexibility index (Phi) is 9.80. The van der Waals surface area contributed by atoms with Gasteiger partial charge in [0.2, 0.25) is 0 Å². The van der Waals surface area contributed by atoms with Crippen LogP contribution in [0.4, 0.5) is 4.39 Å². The Morgan fingerprint density at radius 1 is 1.10 bits per heavy atom. The van der Waals surface area contributed by atoms with Crippen LogP contribution in [0, 0.1) is 18.7 Å². The van der Waals surface area contributed by atoms with Crippen molar-refractivity contribution in [3.05, 3.63) is 63.5 Å². The fourth-order valence-corrected chi connectivity index (χ4v) is 4.24. The van der Waals surface area contributed by atoms with Crippen molar-refractivity contribution < 1.29 is 9.13 Å². The summed E-state index contributed by atoms with van der Waals surface area (Å²) in [5, 5.41) is 12.3. The lowest BCUT2D eigenvalue weighted by molar-refractivity contribution is 0.0570. The number of H-pyrrole nitrogens is 1. The van der Waals surface area contributed by atoms with Crippen LogP contribution in [0.3, 0.4) is 0 Å². The molecule has 1 fully saturated rings. The molecule has 1 aliphatic heterocycles. The molecule has 0 radical (unpaired) electrons. The first-order valence-electron chi connectivity index (χ1n) is 10.3. The fraction of sp³-hybridized carbons (Fsp3) is 0.375. The lowest BCUT2D eigenvalue weighted by Gasteiger charge is -2.38. The van der Waals surface area contributed by atoms with Gasteiger partial charge < -0.3 is 10.1 Å². The molecule has 0 atom stereocenters. The molecular formula is C24H28Cl2FN3O. The van der Waals surface area contributed by atoms with E-state index in [1.54, 1.807) is 6.07 Å². The largest absolute Gasteiger partial charge is 0.376 e. The minimum Gasteiger partial charge on any atom is -0.376 e. The Morgan fingerprint density at radius 2 is 1.74 bits per heavy atom. The van der Waals surface area contributed by atoms with E-state index in [0.29, 0.717) is 23.4 Å². The zero-order chi connectivity index (χ0) is 22.9. The molecule has 7 heteroatoms. The van der Waals surface area contributed by atoms with Crippen LogP contribution in [0.2, 0.25) is 10.2 Å². The maximum atomic E-state index is 13.4. The van der Waals surface area contributed by atoms with Gasteiger partial charge in [-0.05, 0) is 55.8 Å². The highest BCUT2D eigenvalue weighted by Gasteiger charge is 2.34. The van der Waals surface area contributed by atoms with E-state index in [2.05, 4.69) is 28.4 Å². The number of halogens is 3. The van der Waals surface area contributed by atoms with Crippen LogP contribution in [0.25, 0.3) is 10.9 Å². The predicted octanol–water partition coefficient (Wildman–Crippen LogP) is 6.12. The Labute approximate surface area is 193 Å². The molecule has 4 nitrogen and oxygen atoms in total. The van der Waals surface area contributed by atoms with Gasteiger partial charge >= 0.3 is 0 Å². The van der Waals surface area contributed by atoms with Gasteiger partial charge in [-0.15, -0.1) is 12.8 Å². The molecule has 1 aromatic heterocycles. The normalized spacial score (nSPS) is 14.8. The van der Waals surface area contributed by atoms with Crippen LogP contribution in [0.15, 0.2) is 36.4 Å². The fourth-order valence-electron chi connectivity index (χ4n) is 3.81. The highest BCUT2D eigenvalue weighted by atomic mass is 35.5. The smallest absolute Gasteiger partial charge is 0.132 e. The van der Waals surface area contributed by atoms with Crippen LogP contribution in [-0.2, 0) is 16.8 Å². The Bertz CT molecular complexity index is 980. The van der Waals surface area contributed by atoms with E-state index in [4.69, 9.17) is 27.9 Å². The zero-order valence-corrected chi connectivity index (χ0v) is 19.4. The van der Waals surface area contributed by atoms with E-state index >= 15 is 0 Å². The van der Waals surface area contributed by atoms with Gasteiger partial charge in [0, 0.05) is 21.4 Å². The summed E-state index contributed by atoms with van der Waals surface area (Å²) in [6.45, 7) is 6.76. The van der Waals surface area contributed by atoms with E-state index in [-0.39, 0.29) is 11.2 Å². The molecule has 2 aromatic carbocycles. The molecule has 0 unspecified atom stereocenters. The Morgan fingerprint density at radius 3 is 2.39 bits per heavy atom. The molecule has 166 valence electrons. The third-order valence-electron chi connectivity index (χ3n) is 5.31. The van der Waals surface area contributed by atoms with E-state index in [0.717, 1.165) is 48.0 Å². The summed E-state index contributed by atoms with van der Waals surface area (Å²) >= 11 is 12.4. The van der Waals surface area contributed by atoms with Crippen LogP contribution >= 0.6 is 23.2 Å². The number of fused-ring (bicyclic) bond motifs is 1. The minimum atomic E-state index is -0.222. The lowest BCUT2D eigenvalue weighted by Crippen LogP contribution is -2.43. The van der Waals surface area contributed by atoms with Crippen molar-refractivity contribution in [3.63, 3.8) is 0 Å². The van der Waals surface area contributed by atoms with E-state index in [9.17, 15) is 4.39 Å². The van der Waals surface area contributed by atoms with Crippen molar-refractivity contribution in [1.29, 1.82) is 0 Å². The molecule has 1 saturated heterocycles. The van der Waals surface area contributed by atoms with Crippen molar-refractivity contribution in [1.82, 2.24) is 15.5 Å². The van der Waals surface area contributed by atoms with Gasteiger partial charge in [0.25, 0.3) is 0 Å². The number of hydrogen-bond acceptors (Lipinski definition) is 3. The van der Waals surface area contributed by atoms with E-state index in [1.807, 2.05) is 32.0 Å². The SMILES string of the molecule is C#C.CC.Fc1ccc(C2(COCc3cc(Cl)cc4c(Cl)[nH]nc34)CCNCC2)cc1. The van der Waals surface area contributed by atoms with Crippen LogP contribution in [-0.4, -0.2) is 29.9 Å². The highest BCUT2D eigenvalue weighted by molar-refractivity contribution is 6.36. The van der Waals surface area contributed by atoms with Gasteiger partial charge in [0.05, 0.1) is 18.7 Å². The molecule has 4 rings (SSSR count). The van der Waals surface area contributed by atoms with Crippen LogP contribution in [0.5, 0.6) is 0 Å². The molecule has 2 heterocycles. The Hall–Kier alpha value is -2.10. The second-order valence-corrected chi connectivity index (χ2v) is 7.84. The summed E-state index contributed by atoms with van der Waals surface area (Å²) in [4.78, 5) is 0. The molecule has 31 heavy (non-hydrogen) atoms. The zero-order valence-electron chi connectivity index (χ0n) is 17.9. The van der Waals surface area contributed by atoms with Gasteiger partial charge in [0.15, 0.2) is 0 Å². The monoisotopic (exact) mass is 463 g/mol. The molecule has 1 aliphatic rings. The predicted molar refractivity (Wildman–Crippen MR) is 127 cm³/mol. The number of nitrogens with one attached hydrogen (secondary N) is 2. The number of nitrogens with zero attached hydrogens (tertiary/aromatic N) is 1. The lowest BCUT2D eigenvalue weighted by atomic mass is 9.74. The number of benzene rings is 2. The first-order valence-corrected chi connectivity index (χ1v) is 11.0. The summed E-state index contributed by atoms with van der Waals surface area (Å²) in [6, 6.07) is 10.4. The quantitative estimate of drug-likeness (QED) is 0.447. The maximum absolute atomic E-state index is 13.4. The number of rotatable bonds is 5. The van der Waals surface area contributed by atoms with Gasteiger partial charge in [-0.25, -0.2) is 4.39 Å². The summed E-state index contributed by atoms with van der Waals surface area (Å²) in [5.74, 6) is -0.222. The molecule has 3 aromatic rings. The van der Waals surface area contributed by atoms with Gasteiger partial charge in [0.1, 0.15) is 11.0 Å². The van der Waals surface area contributed by atoms with Crippen LogP contribution in [0.1, 0.15) is 37.8 Å². The summed E-state index contributed by atoms with van der Waals surface area (Å²) in [5.41, 5.74) is 2.65. The topological polar surface area (TPSA) is 49.9 Å². The molecule has 0 saturated carbocycles. The maximum Gasteiger partial charge on any atom is 0.132 e. The second kappa shape index (κ2) is 12.1. The summed E-state index contributed by atoms with van der Waals surface area (Å²) in [6.07, 6.45) is 9.88. The Balaban J connectivity index is 0.000000807. The molecule has 0 bridgehead atoms. The number of terminal acetylenes is 1. The van der Waals surface area contributed by atoms with Crippen molar-refractivity contribution in [2.75, 3.05) is 19.7 Å². The first-order chi connectivity index (χ1) is 15.1. The first kappa shape index (κ1) is 25.2. The van der Waals surface area contributed by atoms with Crippen molar-refractivity contribution >= 4 is 34.1 Å². The highest BCUT2D eigenvalue weighted by Crippen LogP contribution is 2.35. The molecule has 0 spiro atoms. The van der Waals surface area contributed by atoms with Crippen LogP contribution < -0.4 is 5.32 Å². The van der Waals surface area contributed by atoms with E-state index in [1.165, 1.54) is 12.1 Å². The van der Waals surface area contributed by atoms with Crippen molar-refractivity contribution in [3.8, 4) is 12.8 Å². The molecule has 0 amide bonds. The summed E-state index contributed by atoms with van der Waals surface area (Å²) in [7, 11) is 0. The number of piperidine rings is 1. The summed E-state index contributed by atoms with van der Waals surface area (Å²) < 4.78 is 19.5. The molecular weight excluding hydrogens is 436 g/mol. The second-order valence-electron chi connectivity index (χ2n) is 7.03. The van der Waals surface area contributed by atoms with Gasteiger partial charge in [-0.2, -0.15) is 5.10 Å². The third kappa shape index (κ3) is 5.99. The average Bonchev–Trinajstić information content (AvgIpc) is 3.18.